The highest BCUT2D eigenvalue weighted by atomic mass is 31.2. The van der Waals surface area contributed by atoms with E-state index in [1.54, 1.807) is 0 Å². The Kier molecular flexibility index (Phi) is 38.9. The van der Waals surface area contributed by atoms with Gasteiger partial charge in [0.1, 0.15) is 6.61 Å². The maximum Gasteiger partial charge on any atom is 0.472 e. The second kappa shape index (κ2) is 41.3. The Morgan fingerprint density at radius 2 is 1.10 bits per heavy atom. The number of hydrogen-bond donors (Lipinski definition) is 4. The molecule has 11 nitrogen and oxygen atoms in total. The summed E-state index contributed by atoms with van der Waals surface area (Å²) in [5, 5.41) is 20.7. The van der Waals surface area contributed by atoms with Crippen molar-refractivity contribution in [2.45, 2.75) is 148 Å². The predicted octanol–water partition coefficient (Wildman–Crippen LogP) is 10.3. The van der Waals surface area contributed by atoms with E-state index in [0.29, 0.717) is 6.42 Å². The Bertz CT molecular complexity index is 1360. The minimum absolute atomic E-state index is 0.00769. The number of rotatable bonds is 38. The van der Waals surface area contributed by atoms with Crippen molar-refractivity contribution in [3.63, 3.8) is 0 Å². The molecule has 0 radical (unpaired) electrons. The normalized spacial score (nSPS) is 15.4. The lowest BCUT2D eigenvalue weighted by Crippen LogP contribution is -2.30. The molecule has 0 saturated heterocycles. The second-order valence-electron chi connectivity index (χ2n) is 13.8. The standard InChI is InChI=1S/C47H76NO10P/c1-3-5-7-9-11-13-15-17-18-19-20-21-22-23-25-27-29-31-33-37-46(51)55-41-43(42-57-59(53,54)56-40-39-48)58-47(52)38-34-36-45(50)44(49)35-32-30-28-26-24-16-14-12-10-8-6-4-2/h5,7,11-14,17-18,20-21,23-26,29-32,43-45,49-50H,3-4,6,8-10,15-16,19,22,27-28,33-42,48H2,1-2H3,(H,53,54)/b7-5-,13-11-,14-12-,18-17-,21-20-,25-23-,26-24-,31-29-,32-30-/t43-,44?,45?/m1/s1. The number of hydrogen-bond acceptors (Lipinski definition) is 10. The third-order valence-corrected chi connectivity index (χ3v) is 9.34. The summed E-state index contributed by atoms with van der Waals surface area (Å²) < 4.78 is 32.5. The summed E-state index contributed by atoms with van der Waals surface area (Å²) in [6.45, 7) is 3.13. The first kappa shape index (κ1) is 55.6. The zero-order chi connectivity index (χ0) is 43.5. The van der Waals surface area contributed by atoms with Gasteiger partial charge in [-0.2, -0.15) is 0 Å². The molecule has 0 spiro atoms. The molecule has 0 amide bonds. The van der Waals surface area contributed by atoms with Crippen LogP contribution in [0.4, 0.5) is 0 Å². The van der Waals surface area contributed by atoms with Gasteiger partial charge in [-0.3, -0.25) is 18.6 Å². The first-order chi connectivity index (χ1) is 28.6. The highest BCUT2D eigenvalue weighted by Crippen LogP contribution is 2.43. The molecule has 0 bridgehead atoms. The molecule has 59 heavy (non-hydrogen) atoms. The van der Waals surface area contributed by atoms with Crippen LogP contribution < -0.4 is 5.73 Å². The molecule has 12 heteroatoms. The molecule has 3 unspecified atom stereocenters. The van der Waals surface area contributed by atoms with E-state index in [1.807, 2.05) is 24.3 Å². The first-order valence-corrected chi connectivity index (χ1v) is 23.0. The summed E-state index contributed by atoms with van der Waals surface area (Å²) in [5.41, 5.74) is 5.32. The number of aliphatic hydroxyl groups excluding tert-OH is 2. The zero-order valence-electron chi connectivity index (χ0n) is 35.9. The van der Waals surface area contributed by atoms with Crippen molar-refractivity contribution in [1.29, 1.82) is 0 Å². The minimum atomic E-state index is -4.48. The summed E-state index contributed by atoms with van der Waals surface area (Å²) in [6, 6.07) is 0. The molecule has 0 heterocycles. The Balaban J connectivity index is 4.55. The van der Waals surface area contributed by atoms with Crippen molar-refractivity contribution >= 4 is 19.8 Å². The Morgan fingerprint density at radius 1 is 0.593 bits per heavy atom. The number of esters is 2. The molecule has 334 valence electrons. The van der Waals surface area contributed by atoms with E-state index in [4.69, 9.17) is 24.3 Å². The molecule has 0 aliphatic carbocycles. The van der Waals surface area contributed by atoms with Crippen LogP contribution in [0.5, 0.6) is 0 Å². The van der Waals surface area contributed by atoms with Gasteiger partial charge >= 0.3 is 19.8 Å². The van der Waals surface area contributed by atoms with E-state index in [9.17, 15) is 29.3 Å². The number of phosphoric ester groups is 1. The SMILES string of the molecule is CC/C=C\C/C=C\C/C=C\C/C=C\C/C=C\C/C=C\CCC(=O)OC[C@H](COP(=O)(O)OCCN)OC(=O)CCCC(O)C(O)C/C=C\C/C=C\C/C=C\CCCCC. The number of allylic oxidation sites excluding steroid dienone is 17. The van der Waals surface area contributed by atoms with Gasteiger partial charge in [-0.15, -0.1) is 0 Å². The van der Waals surface area contributed by atoms with Crippen LogP contribution in [0.15, 0.2) is 109 Å². The zero-order valence-corrected chi connectivity index (χ0v) is 36.8. The molecule has 0 aromatic heterocycles. The van der Waals surface area contributed by atoms with Crippen LogP contribution in [0.3, 0.4) is 0 Å². The van der Waals surface area contributed by atoms with Crippen molar-refractivity contribution in [2.75, 3.05) is 26.4 Å². The molecule has 0 aliphatic heterocycles. The molecule has 0 rings (SSSR count). The van der Waals surface area contributed by atoms with Crippen molar-refractivity contribution in [3.05, 3.63) is 109 Å². The van der Waals surface area contributed by atoms with Gasteiger partial charge in [-0.25, -0.2) is 4.57 Å². The molecular weight excluding hydrogens is 769 g/mol. The van der Waals surface area contributed by atoms with E-state index >= 15 is 0 Å². The van der Waals surface area contributed by atoms with Crippen molar-refractivity contribution in [1.82, 2.24) is 0 Å². The molecule has 0 aliphatic rings. The smallest absolute Gasteiger partial charge is 0.462 e. The van der Waals surface area contributed by atoms with Gasteiger partial charge in [-0.05, 0) is 89.9 Å². The predicted molar refractivity (Wildman–Crippen MR) is 240 cm³/mol. The van der Waals surface area contributed by atoms with Gasteiger partial charge in [0.05, 0.1) is 25.4 Å². The fourth-order valence-electron chi connectivity index (χ4n) is 5.06. The van der Waals surface area contributed by atoms with Crippen LogP contribution in [-0.2, 0) is 32.7 Å². The average Bonchev–Trinajstić information content (AvgIpc) is 3.22. The Hall–Kier alpha value is -3.41. The van der Waals surface area contributed by atoms with E-state index in [0.717, 1.165) is 57.8 Å². The fourth-order valence-corrected chi connectivity index (χ4v) is 5.82. The average molecular weight is 846 g/mol. The third kappa shape index (κ3) is 39.8. The van der Waals surface area contributed by atoms with E-state index in [1.165, 1.54) is 19.3 Å². The molecule has 0 saturated carbocycles. The van der Waals surface area contributed by atoms with Gasteiger partial charge in [0.15, 0.2) is 6.10 Å². The van der Waals surface area contributed by atoms with Crippen molar-refractivity contribution < 1.29 is 47.8 Å². The number of carbonyl (C=O) groups is 2. The van der Waals surface area contributed by atoms with E-state index < -0.39 is 51.3 Å². The largest absolute Gasteiger partial charge is 0.472 e. The summed E-state index contributed by atoms with van der Waals surface area (Å²) in [5.74, 6) is -1.22. The lowest BCUT2D eigenvalue weighted by molar-refractivity contribution is -0.161. The van der Waals surface area contributed by atoms with E-state index in [2.05, 4.69) is 98.9 Å². The lowest BCUT2D eigenvalue weighted by atomic mass is 10.0. The Labute approximate surface area is 355 Å². The van der Waals surface area contributed by atoms with Crippen LogP contribution in [0, 0.1) is 0 Å². The highest BCUT2D eigenvalue weighted by molar-refractivity contribution is 7.47. The van der Waals surface area contributed by atoms with Gasteiger partial charge in [0.2, 0.25) is 0 Å². The highest BCUT2D eigenvalue weighted by Gasteiger charge is 2.26. The fraction of sp³-hybridized carbons (Fsp3) is 0.574. The first-order valence-electron chi connectivity index (χ1n) is 21.5. The molecule has 0 aromatic carbocycles. The van der Waals surface area contributed by atoms with E-state index in [-0.39, 0.29) is 45.3 Å². The number of carbonyl (C=O) groups excluding carboxylic acids is 2. The molecule has 5 N–H and O–H groups in total. The number of nitrogens with two attached hydrogens (primary N) is 1. The van der Waals surface area contributed by atoms with Crippen molar-refractivity contribution in [2.24, 2.45) is 5.73 Å². The maximum absolute atomic E-state index is 12.6. The van der Waals surface area contributed by atoms with Crippen LogP contribution in [0.1, 0.15) is 129 Å². The Morgan fingerprint density at radius 3 is 1.63 bits per heavy atom. The number of aliphatic hydroxyl groups is 2. The lowest BCUT2D eigenvalue weighted by Gasteiger charge is -2.20. The topological polar surface area (TPSA) is 175 Å². The summed E-state index contributed by atoms with van der Waals surface area (Å²) >= 11 is 0. The second-order valence-corrected chi connectivity index (χ2v) is 15.2. The molecule has 0 fully saturated rings. The molecular formula is C47H76NO10P. The van der Waals surface area contributed by atoms with Crippen LogP contribution in [-0.4, -0.2) is 71.7 Å². The van der Waals surface area contributed by atoms with Gasteiger partial charge in [0.25, 0.3) is 0 Å². The van der Waals surface area contributed by atoms with Gasteiger partial charge in [-0.1, -0.05) is 136 Å². The molecule has 0 aromatic rings. The van der Waals surface area contributed by atoms with Crippen molar-refractivity contribution in [3.8, 4) is 0 Å². The summed E-state index contributed by atoms with van der Waals surface area (Å²) in [6.07, 6.45) is 47.3. The van der Waals surface area contributed by atoms with Crippen LogP contribution >= 0.6 is 7.82 Å². The number of ether oxygens (including phenoxy) is 2. The minimum Gasteiger partial charge on any atom is -0.462 e. The quantitative estimate of drug-likeness (QED) is 0.0201. The monoisotopic (exact) mass is 846 g/mol. The number of phosphoric acid groups is 1. The van der Waals surface area contributed by atoms with Crippen LogP contribution in [0.25, 0.3) is 0 Å². The number of unbranched alkanes of at least 4 members (excludes halogenated alkanes) is 3. The maximum atomic E-state index is 12.6. The van der Waals surface area contributed by atoms with Gasteiger partial charge < -0.3 is 30.3 Å². The third-order valence-electron chi connectivity index (χ3n) is 8.36. The summed E-state index contributed by atoms with van der Waals surface area (Å²) in [4.78, 5) is 34.9. The van der Waals surface area contributed by atoms with Gasteiger partial charge in [0, 0.05) is 19.4 Å². The summed E-state index contributed by atoms with van der Waals surface area (Å²) in [7, 11) is -4.48. The molecule has 4 atom stereocenters. The van der Waals surface area contributed by atoms with Crippen LogP contribution in [0.2, 0.25) is 0 Å².